The molecule has 4 nitrogen and oxygen atoms in total. The lowest BCUT2D eigenvalue weighted by molar-refractivity contribution is 0.0935. The fourth-order valence-electron chi connectivity index (χ4n) is 3.80. The molecule has 0 spiro atoms. The van der Waals surface area contributed by atoms with Crippen molar-refractivity contribution in [3.05, 3.63) is 64.0 Å². The second-order valence-electron chi connectivity index (χ2n) is 6.85. The third kappa shape index (κ3) is 2.42. The molecule has 2 aliphatic heterocycles. The minimum Gasteiger partial charge on any atom is -0.353 e. The molecule has 2 aliphatic rings. The molecule has 0 bridgehead atoms. The van der Waals surface area contributed by atoms with Crippen molar-refractivity contribution in [1.82, 2.24) is 10.2 Å². The Morgan fingerprint density at radius 3 is 2.84 bits per heavy atom. The van der Waals surface area contributed by atoms with E-state index in [1.54, 1.807) is 11.3 Å². The van der Waals surface area contributed by atoms with Gasteiger partial charge in [-0.2, -0.15) is 0 Å². The van der Waals surface area contributed by atoms with Crippen LogP contribution in [0, 0.1) is 0 Å². The second-order valence-corrected chi connectivity index (χ2v) is 7.96. The molecule has 0 fully saturated rings. The largest absolute Gasteiger partial charge is 0.353 e. The fourth-order valence-corrected chi connectivity index (χ4v) is 5.15. The van der Waals surface area contributed by atoms with E-state index in [0.717, 1.165) is 35.6 Å². The van der Waals surface area contributed by atoms with E-state index in [2.05, 4.69) is 52.9 Å². The van der Waals surface area contributed by atoms with E-state index < -0.39 is 0 Å². The predicted octanol–water partition coefficient (Wildman–Crippen LogP) is 3.74. The van der Waals surface area contributed by atoms with Crippen molar-refractivity contribution in [2.24, 2.45) is 0 Å². The Labute approximate surface area is 150 Å². The van der Waals surface area contributed by atoms with Gasteiger partial charge in [0.1, 0.15) is 11.2 Å². The van der Waals surface area contributed by atoms with E-state index in [0.29, 0.717) is 0 Å². The normalized spacial score (nSPS) is 19.9. The Kier molecular flexibility index (Phi) is 3.33. The highest BCUT2D eigenvalue weighted by molar-refractivity contribution is 7.16. The zero-order valence-electron chi connectivity index (χ0n) is 14.0. The first-order chi connectivity index (χ1) is 12.2. The summed E-state index contributed by atoms with van der Waals surface area (Å²) in [5, 5.41) is 10.1. The van der Waals surface area contributed by atoms with Gasteiger partial charge in [-0.05, 0) is 41.4 Å². The quantitative estimate of drug-likeness (QED) is 0.703. The molecule has 5 heteroatoms. The maximum atomic E-state index is 12.8. The van der Waals surface area contributed by atoms with Crippen LogP contribution in [0.1, 0.15) is 32.5 Å². The van der Waals surface area contributed by atoms with E-state index in [1.165, 1.54) is 21.2 Å². The summed E-state index contributed by atoms with van der Waals surface area (Å²) < 4.78 is 0. The van der Waals surface area contributed by atoms with Crippen molar-refractivity contribution >= 4 is 33.0 Å². The number of carbonyl (C=O) groups is 1. The Balaban J connectivity index is 1.52. The second kappa shape index (κ2) is 5.58. The van der Waals surface area contributed by atoms with Crippen LogP contribution >= 0.6 is 11.3 Å². The minimum atomic E-state index is -0.178. The Bertz CT molecular complexity index is 994. The molecule has 0 aliphatic carbocycles. The molecule has 0 saturated carbocycles. The number of fused-ring (bicyclic) bond motifs is 4. The van der Waals surface area contributed by atoms with Crippen LogP contribution in [-0.2, 0) is 13.0 Å². The van der Waals surface area contributed by atoms with Crippen molar-refractivity contribution in [2.45, 2.75) is 19.1 Å². The highest BCUT2D eigenvalue weighted by atomic mass is 32.1. The molecule has 1 amide bonds. The Hall–Kier alpha value is -2.37. The number of nitrogens with one attached hydrogen (secondary N) is 2. The molecule has 0 saturated heterocycles. The first kappa shape index (κ1) is 14.9. The third-order valence-electron chi connectivity index (χ3n) is 5.13. The van der Waals surface area contributed by atoms with Gasteiger partial charge in [-0.3, -0.25) is 4.79 Å². The van der Waals surface area contributed by atoms with Gasteiger partial charge in [0.2, 0.25) is 0 Å². The molecule has 5 rings (SSSR count). The van der Waals surface area contributed by atoms with Gasteiger partial charge < -0.3 is 15.5 Å². The number of nitrogens with zero attached hydrogens (tertiary/aromatic N) is 1. The Morgan fingerprint density at radius 1 is 1.12 bits per heavy atom. The summed E-state index contributed by atoms with van der Waals surface area (Å²) in [4.78, 5) is 16.4. The molecule has 126 valence electrons. The average Bonchev–Trinajstić information content (AvgIpc) is 2.99. The first-order valence-corrected chi connectivity index (χ1v) is 9.40. The highest BCUT2D eigenvalue weighted by Crippen LogP contribution is 2.40. The summed E-state index contributed by atoms with van der Waals surface area (Å²) in [5.74, 6) is 0.0500. The van der Waals surface area contributed by atoms with Crippen molar-refractivity contribution in [3.8, 4) is 0 Å². The number of anilines is 1. The molecular weight excluding hydrogens is 330 g/mol. The summed E-state index contributed by atoms with van der Waals surface area (Å²) in [7, 11) is 2.13. The summed E-state index contributed by atoms with van der Waals surface area (Å²) >= 11 is 1.73. The van der Waals surface area contributed by atoms with Crippen LogP contribution in [-0.4, -0.2) is 24.4 Å². The lowest BCUT2D eigenvalue weighted by Crippen LogP contribution is -2.38. The van der Waals surface area contributed by atoms with Gasteiger partial charge in [0.15, 0.2) is 0 Å². The Morgan fingerprint density at radius 2 is 1.96 bits per heavy atom. The van der Waals surface area contributed by atoms with Gasteiger partial charge >= 0.3 is 0 Å². The monoisotopic (exact) mass is 349 g/mol. The summed E-state index contributed by atoms with van der Waals surface area (Å²) in [5.41, 5.74) is 3.19. The number of thiophene rings is 1. The van der Waals surface area contributed by atoms with Gasteiger partial charge in [0.05, 0.1) is 5.56 Å². The third-order valence-corrected chi connectivity index (χ3v) is 6.28. The number of likely N-dealkylation sites (N-methyl/N-ethyl adjacent to an activating group) is 1. The van der Waals surface area contributed by atoms with Gasteiger partial charge in [0.25, 0.3) is 5.91 Å². The summed E-state index contributed by atoms with van der Waals surface area (Å²) in [6, 6.07) is 14.7. The van der Waals surface area contributed by atoms with Gasteiger partial charge in [-0.25, -0.2) is 0 Å². The molecule has 2 N–H and O–H groups in total. The van der Waals surface area contributed by atoms with E-state index in [4.69, 9.17) is 0 Å². The van der Waals surface area contributed by atoms with E-state index in [9.17, 15) is 4.79 Å². The number of amides is 1. The van der Waals surface area contributed by atoms with E-state index >= 15 is 0 Å². The average molecular weight is 349 g/mol. The molecule has 3 aromatic rings. The van der Waals surface area contributed by atoms with E-state index in [1.807, 2.05) is 12.1 Å². The molecule has 1 atom stereocenters. The highest BCUT2D eigenvalue weighted by Gasteiger charge is 2.32. The standard InChI is InChI=1S/C20H19N3OS/c1-23-9-8-15-16(11-23)25-20-17(15)19(24)21-18(22-20)14-7-6-12-4-2-3-5-13(12)10-14/h2-7,10,18,22H,8-9,11H2,1H3,(H,21,24)/t18-/m0/s1. The molecular formula is C20H19N3OS. The van der Waals surface area contributed by atoms with Crippen LogP contribution in [0.25, 0.3) is 10.8 Å². The maximum Gasteiger partial charge on any atom is 0.256 e. The van der Waals surface area contributed by atoms with Crippen LogP contribution in [0.5, 0.6) is 0 Å². The van der Waals surface area contributed by atoms with Gasteiger partial charge in [-0.15, -0.1) is 11.3 Å². The number of carbonyl (C=O) groups excluding carboxylic acids is 1. The zero-order chi connectivity index (χ0) is 17.0. The zero-order valence-corrected chi connectivity index (χ0v) is 14.8. The molecule has 0 unspecified atom stereocenters. The summed E-state index contributed by atoms with van der Waals surface area (Å²) in [6.07, 6.45) is 0.773. The van der Waals surface area contributed by atoms with Crippen LogP contribution in [0.3, 0.4) is 0 Å². The lowest BCUT2D eigenvalue weighted by Gasteiger charge is -2.27. The van der Waals surface area contributed by atoms with Crippen molar-refractivity contribution in [1.29, 1.82) is 0 Å². The maximum absolute atomic E-state index is 12.8. The topological polar surface area (TPSA) is 44.4 Å². The summed E-state index contributed by atoms with van der Waals surface area (Å²) in [6.45, 7) is 1.94. The van der Waals surface area contributed by atoms with E-state index in [-0.39, 0.29) is 12.1 Å². The van der Waals surface area contributed by atoms with Crippen LogP contribution in [0.15, 0.2) is 42.5 Å². The number of hydrogen-bond acceptors (Lipinski definition) is 4. The molecule has 1 aromatic heterocycles. The van der Waals surface area contributed by atoms with Crippen molar-refractivity contribution in [2.75, 3.05) is 18.9 Å². The first-order valence-electron chi connectivity index (χ1n) is 8.58. The fraction of sp³-hybridized carbons (Fsp3) is 0.250. The van der Waals surface area contributed by atoms with Crippen molar-refractivity contribution < 1.29 is 4.79 Å². The molecule has 25 heavy (non-hydrogen) atoms. The van der Waals surface area contributed by atoms with Crippen molar-refractivity contribution in [3.63, 3.8) is 0 Å². The van der Waals surface area contributed by atoms with Gasteiger partial charge in [0, 0.05) is 18.0 Å². The number of benzene rings is 2. The smallest absolute Gasteiger partial charge is 0.256 e. The van der Waals surface area contributed by atoms with Crippen LogP contribution < -0.4 is 10.6 Å². The molecule has 3 heterocycles. The number of hydrogen-bond donors (Lipinski definition) is 2. The predicted molar refractivity (Wildman–Crippen MR) is 102 cm³/mol. The minimum absolute atomic E-state index is 0.0500. The molecule has 0 radical (unpaired) electrons. The van der Waals surface area contributed by atoms with Crippen LogP contribution in [0.4, 0.5) is 5.00 Å². The van der Waals surface area contributed by atoms with Crippen LogP contribution in [0.2, 0.25) is 0 Å². The van der Waals surface area contributed by atoms with Gasteiger partial charge in [-0.1, -0.05) is 36.4 Å². The SMILES string of the molecule is CN1CCc2c(sc3c2C(=O)N[C@H](c2ccc4ccccc4c2)N3)C1. The number of rotatable bonds is 1. The molecule has 2 aromatic carbocycles. The lowest BCUT2D eigenvalue weighted by atomic mass is 10.00.